The summed E-state index contributed by atoms with van der Waals surface area (Å²) in [6, 6.07) is 12.4. The number of hydrogen-bond acceptors (Lipinski definition) is 6. The zero-order valence-corrected chi connectivity index (χ0v) is 20.0. The summed E-state index contributed by atoms with van der Waals surface area (Å²) in [5.74, 6) is 0.596. The van der Waals surface area contributed by atoms with Gasteiger partial charge in [-0.3, -0.25) is 0 Å². The van der Waals surface area contributed by atoms with Crippen molar-refractivity contribution in [3.63, 3.8) is 0 Å². The predicted molar refractivity (Wildman–Crippen MR) is 123 cm³/mol. The third-order valence-electron chi connectivity index (χ3n) is 5.18. The van der Waals surface area contributed by atoms with Crippen molar-refractivity contribution in [1.82, 2.24) is 5.32 Å². The van der Waals surface area contributed by atoms with Crippen LogP contribution in [0, 0.1) is 11.3 Å². The highest BCUT2D eigenvalue weighted by Crippen LogP contribution is 2.36. The highest BCUT2D eigenvalue weighted by molar-refractivity contribution is 5.67. The van der Waals surface area contributed by atoms with Crippen LogP contribution in [0.2, 0.25) is 0 Å². The minimum atomic E-state index is -4.62. The van der Waals surface area contributed by atoms with E-state index < -0.39 is 35.2 Å². The first-order chi connectivity index (χ1) is 16.4. The minimum absolute atomic E-state index is 0.207. The molecule has 2 aromatic carbocycles. The summed E-state index contributed by atoms with van der Waals surface area (Å²) in [7, 11) is 0. The van der Waals surface area contributed by atoms with Crippen LogP contribution >= 0.6 is 0 Å². The third-order valence-corrected chi connectivity index (χ3v) is 5.18. The van der Waals surface area contributed by atoms with Gasteiger partial charge in [0.05, 0.1) is 23.7 Å². The summed E-state index contributed by atoms with van der Waals surface area (Å²) in [6.07, 6.45) is -5.94. The standard InChI is InChI=1S/C25H28F3N3O4/c1-16-31(19-8-7-18(12-29)22(11-19)25(26,27)28)14-21(34-16)15-33-20-9-5-17(6-10-20)13-30-23(32)35-24(2,3)4/h5-11,16,21H,13-15H2,1-4H3,(H,30,32)/t16-,21+/m1/s1. The zero-order valence-electron chi connectivity index (χ0n) is 20.0. The number of hydrogen-bond donors (Lipinski definition) is 1. The van der Waals surface area contributed by atoms with Crippen LogP contribution in [0.4, 0.5) is 23.7 Å². The fourth-order valence-corrected chi connectivity index (χ4v) is 3.59. The number of alkyl halides is 3. The van der Waals surface area contributed by atoms with E-state index >= 15 is 0 Å². The summed E-state index contributed by atoms with van der Waals surface area (Å²) < 4.78 is 56.8. The smallest absolute Gasteiger partial charge is 0.417 e. The topological polar surface area (TPSA) is 83.8 Å². The molecule has 1 fully saturated rings. The Morgan fingerprint density at radius 2 is 1.89 bits per heavy atom. The number of nitriles is 1. The molecule has 0 aliphatic carbocycles. The maximum atomic E-state index is 13.3. The maximum absolute atomic E-state index is 13.3. The van der Waals surface area contributed by atoms with Crippen molar-refractivity contribution in [2.45, 2.75) is 58.3 Å². The van der Waals surface area contributed by atoms with E-state index in [1.165, 1.54) is 12.1 Å². The van der Waals surface area contributed by atoms with E-state index in [4.69, 9.17) is 19.5 Å². The summed E-state index contributed by atoms with van der Waals surface area (Å²) in [4.78, 5) is 13.5. The van der Waals surface area contributed by atoms with Gasteiger partial charge in [-0.25, -0.2) is 4.79 Å². The predicted octanol–water partition coefficient (Wildman–Crippen LogP) is 5.23. The van der Waals surface area contributed by atoms with E-state index in [-0.39, 0.29) is 12.7 Å². The molecule has 1 saturated heterocycles. The Labute approximate surface area is 202 Å². The lowest BCUT2D eigenvalue weighted by Crippen LogP contribution is -2.32. The Kier molecular flexibility index (Phi) is 7.80. The van der Waals surface area contributed by atoms with Gasteiger partial charge in [-0.15, -0.1) is 0 Å². The van der Waals surface area contributed by atoms with Crippen LogP contribution in [-0.2, 0) is 22.2 Å². The van der Waals surface area contributed by atoms with E-state index in [2.05, 4.69) is 5.32 Å². The number of alkyl carbamates (subject to hydrolysis) is 1. The van der Waals surface area contributed by atoms with Gasteiger partial charge >= 0.3 is 12.3 Å². The molecule has 1 heterocycles. The van der Waals surface area contributed by atoms with Crippen LogP contribution in [0.25, 0.3) is 0 Å². The van der Waals surface area contributed by atoms with Gasteiger partial charge in [0, 0.05) is 12.2 Å². The minimum Gasteiger partial charge on any atom is -0.491 e. The molecule has 2 atom stereocenters. The molecular weight excluding hydrogens is 463 g/mol. The number of nitrogens with one attached hydrogen (secondary N) is 1. The molecule has 1 N–H and O–H groups in total. The first-order valence-corrected chi connectivity index (χ1v) is 11.1. The second-order valence-electron chi connectivity index (χ2n) is 9.16. The number of halogens is 3. The Morgan fingerprint density at radius 1 is 1.20 bits per heavy atom. The summed E-state index contributed by atoms with van der Waals surface area (Å²) in [5.41, 5.74) is -0.767. The first-order valence-electron chi connectivity index (χ1n) is 11.1. The molecule has 0 radical (unpaired) electrons. The van der Waals surface area contributed by atoms with Gasteiger partial charge in [0.1, 0.15) is 30.3 Å². The van der Waals surface area contributed by atoms with Gasteiger partial charge in [-0.2, -0.15) is 18.4 Å². The lowest BCUT2D eigenvalue weighted by atomic mass is 10.1. The van der Waals surface area contributed by atoms with Crippen LogP contribution in [0.1, 0.15) is 44.4 Å². The lowest BCUT2D eigenvalue weighted by Gasteiger charge is -2.23. The highest BCUT2D eigenvalue weighted by atomic mass is 19.4. The number of rotatable bonds is 6. The molecule has 0 unspecified atom stereocenters. The van der Waals surface area contributed by atoms with Gasteiger partial charge in [-0.05, 0) is 63.6 Å². The average molecular weight is 492 g/mol. The SMILES string of the molecule is C[C@H]1O[C@H](COc2ccc(CNC(=O)OC(C)(C)C)cc2)CN1c1ccc(C#N)c(C(F)(F)F)c1. The van der Waals surface area contributed by atoms with Crippen LogP contribution in [-0.4, -0.2) is 37.2 Å². The summed E-state index contributed by atoms with van der Waals surface area (Å²) in [6.45, 7) is 7.96. The van der Waals surface area contributed by atoms with Gasteiger partial charge in [0.25, 0.3) is 0 Å². The molecule has 0 bridgehead atoms. The van der Waals surface area contributed by atoms with Crippen molar-refractivity contribution >= 4 is 11.8 Å². The number of ether oxygens (including phenoxy) is 3. The molecule has 0 spiro atoms. The number of carbonyl (C=O) groups excluding carboxylic acids is 1. The third kappa shape index (κ3) is 7.26. The lowest BCUT2D eigenvalue weighted by molar-refractivity contribution is -0.137. The Bertz CT molecular complexity index is 1080. The van der Waals surface area contributed by atoms with Crippen LogP contribution in [0.15, 0.2) is 42.5 Å². The van der Waals surface area contributed by atoms with Gasteiger partial charge in [0.2, 0.25) is 0 Å². The van der Waals surface area contributed by atoms with E-state index in [1.54, 1.807) is 50.8 Å². The molecule has 0 saturated carbocycles. The molecule has 2 aromatic rings. The second-order valence-corrected chi connectivity index (χ2v) is 9.16. The molecule has 3 rings (SSSR count). The van der Waals surface area contributed by atoms with E-state index in [1.807, 2.05) is 12.1 Å². The quantitative estimate of drug-likeness (QED) is 0.596. The van der Waals surface area contributed by atoms with Crippen LogP contribution < -0.4 is 15.0 Å². The number of benzene rings is 2. The first kappa shape index (κ1) is 26.2. The molecule has 1 amide bonds. The van der Waals surface area contributed by atoms with E-state index in [0.29, 0.717) is 24.5 Å². The highest BCUT2D eigenvalue weighted by Gasteiger charge is 2.36. The van der Waals surface area contributed by atoms with Crippen molar-refractivity contribution in [2.75, 3.05) is 18.1 Å². The van der Waals surface area contributed by atoms with Gasteiger partial charge < -0.3 is 24.4 Å². The second kappa shape index (κ2) is 10.4. The maximum Gasteiger partial charge on any atom is 0.417 e. The molecular formula is C25H28F3N3O4. The monoisotopic (exact) mass is 491 g/mol. The molecule has 188 valence electrons. The largest absolute Gasteiger partial charge is 0.491 e. The van der Waals surface area contributed by atoms with Crippen molar-refractivity contribution < 1.29 is 32.2 Å². The molecule has 7 nitrogen and oxygen atoms in total. The number of nitrogens with zero attached hydrogens (tertiary/aromatic N) is 2. The van der Waals surface area contributed by atoms with Crippen molar-refractivity contribution in [1.29, 1.82) is 5.26 Å². The number of carbonyl (C=O) groups is 1. The van der Waals surface area contributed by atoms with Crippen molar-refractivity contribution in [3.8, 4) is 11.8 Å². The fraction of sp³-hybridized carbons (Fsp3) is 0.440. The molecule has 10 heteroatoms. The van der Waals surface area contributed by atoms with Gasteiger partial charge in [-0.1, -0.05) is 12.1 Å². The van der Waals surface area contributed by atoms with Crippen LogP contribution in [0.5, 0.6) is 5.75 Å². The number of anilines is 1. The summed E-state index contributed by atoms with van der Waals surface area (Å²) in [5, 5.41) is 11.7. The summed E-state index contributed by atoms with van der Waals surface area (Å²) >= 11 is 0. The number of amides is 1. The fourth-order valence-electron chi connectivity index (χ4n) is 3.59. The molecule has 0 aromatic heterocycles. The Hall–Kier alpha value is -3.45. The molecule has 1 aliphatic rings. The van der Waals surface area contributed by atoms with E-state index in [0.717, 1.165) is 11.6 Å². The normalized spacial score (nSPS) is 18.2. The van der Waals surface area contributed by atoms with E-state index in [9.17, 15) is 18.0 Å². The zero-order chi connectivity index (χ0) is 25.8. The van der Waals surface area contributed by atoms with Crippen LogP contribution in [0.3, 0.4) is 0 Å². The van der Waals surface area contributed by atoms with Crippen molar-refractivity contribution in [3.05, 3.63) is 59.2 Å². The molecule has 35 heavy (non-hydrogen) atoms. The molecule has 1 aliphatic heterocycles. The van der Waals surface area contributed by atoms with Gasteiger partial charge in [0.15, 0.2) is 0 Å². The van der Waals surface area contributed by atoms with Crippen molar-refractivity contribution in [2.24, 2.45) is 0 Å². The average Bonchev–Trinajstić information content (AvgIpc) is 3.15. The Morgan fingerprint density at radius 3 is 2.49 bits per heavy atom. The Balaban J connectivity index is 1.54.